The van der Waals surface area contributed by atoms with Crippen LogP contribution in [0.5, 0.6) is 0 Å². The van der Waals surface area contributed by atoms with E-state index in [0.29, 0.717) is 17.3 Å². The van der Waals surface area contributed by atoms with Crippen molar-refractivity contribution in [3.05, 3.63) is 42.5 Å². The number of aromatic nitrogens is 4. The van der Waals surface area contributed by atoms with Gasteiger partial charge in [-0.1, -0.05) is 0 Å². The lowest BCUT2D eigenvalue weighted by Gasteiger charge is -2.33. The molecule has 26 heavy (non-hydrogen) atoms. The molecule has 1 atom stereocenters. The van der Waals surface area contributed by atoms with Crippen molar-refractivity contribution < 1.29 is 0 Å². The predicted octanol–water partition coefficient (Wildman–Crippen LogP) is 2.45. The Bertz CT molecular complexity index is 907. The molecule has 0 amide bonds. The standard InChI is InChI=1S/C19H23N7/c1-25(2)14-5-6-15(21-10-14)13-4-3-9-26(11-13)17-8-7-16-18(24-17)19(20)23-12-22-16/h5-8,10,12-13H,3-4,9,11H2,1-2H3,(H2,20,22,23). The summed E-state index contributed by atoms with van der Waals surface area (Å²) in [6.45, 7) is 1.89. The summed E-state index contributed by atoms with van der Waals surface area (Å²) in [4.78, 5) is 22.0. The van der Waals surface area contributed by atoms with Crippen LogP contribution in [0.4, 0.5) is 17.3 Å². The maximum Gasteiger partial charge on any atom is 0.153 e. The van der Waals surface area contributed by atoms with E-state index in [2.05, 4.69) is 36.9 Å². The minimum absolute atomic E-state index is 0.404. The van der Waals surface area contributed by atoms with Gasteiger partial charge in [0.1, 0.15) is 17.7 Å². The zero-order valence-electron chi connectivity index (χ0n) is 15.1. The SMILES string of the molecule is CN(C)c1ccc(C2CCCN(c3ccc4ncnc(N)c4n3)C2)nc1. The molecule has 0 radical (unpaired) electrons. The Morgan fingerprint density at radius 1 is 1.12 bits per heavy atom. The van der Waals surface area contributed by atoms with Gasteiger partial charge in [0.05, 0.1) is 17.4 Å². The molecule has 2 N–H and O–H groups in total. The first-order valence-corrected chi connectivity index (χ1v) is 8.87. The summed E-state index contributed by atoms with van der Waals surface area (Å²) in [6.07, 6.45) is 5.67. The van der Waals surface area contributed by atoms with Gasteiger partial charge in [0.25, 0.3) is 0 Å². The number of piperidine rings is 1. The monoisotopic (exact) mass is 349 g/mol. The van der Waals surface area contributed by atoms with Crippen LogP contribution < -0.4 is 15.5 Å². The molecule has 0 aliphatic carbocycles. The van der Waals surface area contributed by atoms with Crippen LogP contribution in [-0.4, -0.2) is 47.1 Å². The first-order chi connectivity index (χ1) is 12.6. The lowest BCUT2D eigenvalue weighted by atomic mass is 9.94. The molecule has 1 saturated heterocycles. The van der Waals surface area contributed by atoms with Crippen LogP contribution in [-0.2, 0) is 0 Å². The fourth-order valence-corrected chi connectivity index (χ4v) is 3.45. The Kier molecular flexibility index (Phi) is 4.28. The van der Waals surface area contributed by atoms with Crippen LogP contribution in [0.1, 0.15) is 24.5 Å². The van der Waals surface area contributed by atoms with E-state index < -0.39 is 0 Å². The van der Waals surface area contributed by atoms with Gasteiger partial charge in [0.2, 0.25) is 0 Å². The first-order valence-electron chi connectivity index (χ1n) is 8.87. The second kappa shape index (κ2) is 6.74. The number of nitrogen functional groups attached to an aromatic ring is 1. The van der Waals surface area contributed by atoms with Crippen LogP contribution in [0, 0.1) is 0 Å². The van der Waals surface area contributed by atoms with Gasteiger partial charge in [-0.3, -0.25) is 4.98 Å². The molecule has 0 bridgehead atoms. The second-order valence-corrected chi connectivity index (χ2v) is 6.92. The minimum atomic E-state index is 0.404. The molecule has 4 rings (SSSR count). The van der Waals surface area contributed by atoms with E-state index in [1.165, 1.54) is 6.33 Å². The average molecular weight is 349 g/mol. The maximum atomic E-state index is 5.97. The summed E-state index contributed by atoms with van der Waals surface area (Å²) < 4.78 is 0. The van der Waals surface area contributed by atoms with Crippen molar-refractivity contribution in [2.24, 2.45) is 0 Å². The zero-order chi connectivity index (χ0) is 18.1. The van der Waals surface area contributed by atoms with E-state index in [-0.39, 0.29) is 0 Å². The van der Waals surface area contributed by atoms with Crippen molar-refractivity contribution >= 4 is 28.4 Å². The van der Waals surface area contributed by atoms with Crippen molar-refractivity contribution in [2.75, 3.05) is 42.7 Å². The van der Waals surface area contributed by atoms with Crippen molar-refractivity contribution in [1.29, 1.82) is 0 Å². The topological polar surface area (TPSA) is 84.1 Å². The summed E-state index contributed by atoms with van der Waals surface area (Å²) >= 11 is 0. The van der Waals surface area contributed by atoms with Crippen molar-refractivity contribution in [2.45, 2.75) is 18.8 Å². The second-order valence-electron chi connectivity index (χ2n) is 6.92. The molecule has 7 heteroatoms. The zero-order valence-corrected chi connectivity index (χ0v) is 15.1. The number of pyridine rings is 2. The minimum Gasteiger partial charge on any atom is -0.382 e. The summed E-state index contributed by atoms with van der Waals surface area (Å²) in [5.41, 5.74) is 9.67. The van der Waals surface area contributed by atoms with Crippen molar-refractivity contribution in [3.63, 3.8) is 0 Å². The van der Waals surface area contributed by atoms with Gasteiger partial charge in [-0.2, -0.15) is 0 Å². The largest absolute Gasteiger partial charge is 0.382 e. The molecule has 0 saturated carbocycles. The summed E-state index contributed by atoms with van der Waals surface area (Å²) in [5.74, 6) is 1.75. The average Bonchev–Trinajstić information content (AvgIpc) is 2.68. The summed E-state index contributed by atoms with van der Waals surface area (Å²) in [7, 11) is 4.06. The summed E-state index contributed by atoms with van der Waals surface area (Å²) in [5, 5.41) is 0. The van der Waals surface area contributed by atoms with Gasteiger partial charge in [-0.05, 0) is 37.1 Å². The highest BCUT2D eigenvalue weighted by molar-refractivity contribution is 5.84. The van der Waals surface area contributed by atoms with Crippen molar-refractivity contribution in [3.8, 4) is 0 Å². The normalized spacial score (nSPS) is 17.5. The van der Waals surface area contributed by atoms with Gasteiger partial charge in [0.15, 0.2) is 5.82 Å². The smallest absolute Gasteiger partial charge is 0.153 e. The number of fused-ring (bicyclic) bond motifs is 1. The quantitative estimate of drug-likeness (QED) is 0.777. The number of hydrogen-bond acceptors (Lipinski definition) is 7. The van der Waals surface area contributed by atoms with Crippen LogP contribution in [0.3, 0.4) is 0 Å². The molecule has 4 heterocycles. The molecule has 1 aliphatic rings. The molecule has 1 aliphatic heterocycles. The number of anilines is 3. The highest BCUT2D eigenvalue weighted by atomic mass is 15.2. The van der Waals surface area contributed by atoms with E-state index in [9.17, 15) is 0 Å². The van der Waals surface area contributed by atoms with E-state index in [4.69, 9.17) is 10.7 Å². The summed E-state index contributed by atoms with van der Waals surface area (Å²) in [6, 6.07) is 8.25. The molecule has 1 unspecified atom stereocenters. The third kappa shape index (κ3) is 3.12. The fraction of sp³-hybridized carbons (Fsp3) is 0.368. The first kappa shape index (κ1) is 16.5. The van der Waals surface area contributed by atoms with E-state index in [0.717, 1.165) is 48.6 Å². The van der Waals surface area contributed by atoms with E-state index >= 15 is 0 Å². The van der Waals surface area contributed by atoms with Crippen LogP contribution in [0.2, 0.25) is 0 Å². The van der Waals surface area contributed by atoms with E-state index in [1.807, 2.05) is 32.4 Å². The molecule has 3 aromatic heterocycles. The third-order valence-electron chi connectivity index (χ3n) is 4.95. The number of nitrogens with zero attached hydrogens (tertiary/aromatic N) is 6. The number of hydrogen-bond donors (Lipinski definition) is 1. The number of rotatable bonds is 3. The van der Waals surface area contributed by atoms with E-state index in [1.54, 1.807) is 0 Å². The maximum absolute atomic E-state index is 5.97. The van der Waals surface area contributed by atoms with Gasteiger partial charge in [-0.25, -0.2) is 15.0 Å². The molecular weight excluding hydrogens is 326 g/mol. The Morgan fingerprint density at radius 2 is 2.00 bits per heavy atom. The van der Waals surface area contributed by atoms with Crippen molar-refractivity contribution in [1.82, 2.24) is 19.9 Å². The molecule has 0 aromatic carbocycles. The highest BCUT2D eigenvalue weighted by Crippen LogP contribution is 2.30. The Morgan fingerprint density at radius 3 is 2.77 bits per heavy atom. The van der Waals surface area contributed by atoms with Crippen LogP contribution >= 0.6 is 0 Å². The lowest BCUT2D eigenvalue weighted by Crippen LogP contribution is -2.35. The third-order valence-corrected chi connectivity index (χ3v) is 4.95. The predicted molar refractivity (Wildman–Crippen MR) is 104 cm³/mol. The molecule has 7 nitrogen and oxygen atoms in total. The van der Waals surface area contributed by atoms with Crippen LogP contribution in [0.15, 0.2) is 36.8 Å². The van der Waals surface area contributed by atoms with Gasteiger partial charge in [-0.15, -0.1) is 0 Å². The Balaban J connectivity index is 1.57. The molecule has 134 valence electrons. The van der Waals surface area contributed by atoms with Gasteiger partial charge >= 0.3 is 0 Å². The fourth-order valence-electron chi connectivity index (χ4n) is 3.45. The Hall–Kier alpha value is -2.96. The van der Waals surface area contributed by atoms with Gasteiger partial charge in [0, 0.05) is 38.8 Å². The molecule has 3 aromatic rings. The highest BCUT2D eigenvalue weighted by Gasteiger charge is 2.23. The molecule has 1 fully saturated rings. The lowest BCUT2D eigenvalue weighted by molar-refractivity contribution is 0.499. The molecular formula is C19H23N7. The van der Waals surface area contributed by atoms with Crippen LogP contribution in [0.25, 0.3) is 11.0 Å². The number of nitrogens with two attached hydrogens (primary N) is 1. The van der Waals surface area contributed by atoms with Gasteiger partial charge < -0.3 is 15.5 Å². The molecule has 0 spiro atoms. The Labute approximate surface area is 152 Å².